The molecular weight excluding hydrogens is 222 g/mol. The fourth-order valence-corrected chi connectivity index (χ4v) is 1.17. The molecule has 0 aliphatic heterocycles. The summed E-state index contributed by atoms with van der Waals surface area (Å²) in [5.74, 6) is 0.227. The molecule has 0 unspecified atom stereocenters. The Morgan fingerprint density at radius 3 is 2.29 bits per heavy atom. The van der Waals surface area contributed by atoms with Gasteiger partial charge in [0, 0.05) is 32.9 Å². The van der Waals surface area contributed by atoms with Crippen molar-refractivity contribution >= 4 is 11.7 Å². The van der Waals surface area contributed by atoms with Gasteiger partial charge < -0.3 is 14.8 Å². The molecule has 5 nitrogen and oxygen atoms in total. The minimum Gasteiger partial charge on any atom is -0.379 e. The van der Waals surface area contributed by atoms with Crippen molar-refractivity contribution in [3.63, 3.8) is 0 Å². The highest BCUT2D eigenvalue weighted by atomic mass is 16.5. The zero-order valence-electron chi connectivity index (χ0n) is 10.8. The highest BCUT2D eigenvalue weighted by molar-refractivity contribution is 5.77. The van der Waals surface area contributed by atoms with Gasteiger partial charge in [0.15, 0.2) is 0 Å². The molecule has 0 aliphatic rings. The topological polar surface area (TPSA) is 64.6 Å². The molecule has 0 rings (SSSR count). The lowest BCUT2D eigenvalue weighted by molar-refractivity contribution is -0.120. The minimum atomic E-state index is -0.0505. The summed E-state index contributed by atoms with van der Waals surface area (Å²) in [4.78, 5) is 21.5. The Hall–Kier alpha value is -0.940. The van der Waals surface area contributed by atoms with Gasteiger partial charge in [-0.15, -0.1) is 0 Å². The Bertz CT molecular complexity index is 219. The summed E-state index contributed by atoms with van der Waals surface area (Å²) in [6.45, 7) is 6.01. The molecule has 0 aromatic carbocycles. The lowest BCUT2D eigenvalue weighted by Gasteiger charge is -2.05. The van der Waals surface area contributed by atoms with Crippen LogP contribution in [-0.4, -0.2) is 44.7 Å². The largest absolute Gasteiger partial charge is 0.379 e. The Morgan fingerprint density at radius 1 is 1.06 bits per heavy atom. The van der Waals surface area contributed by atoms with Crippen LogP contribution in [-0.2, 0) is 19.1 Å². The predicted octanol–water partition coefficient (Wildman–Crippen LogP) is 0.915. The molecule has 17 heavy (non-hydrogen) atoms. The third-order valence-corrected chi connectivity index (χ3v) is 2.13. The predicted molar refractivity (Wildman–Crippen MR) is 64.9 cm³/mol. The van der Waals surface area contributed by atoms with Gasteiger partial charge in [-0.3, -0.25) is 9.59 Å². The SMILES string of the molecule is CCC(=O)CCCOCCOCCNC(C)=O. The zero-order chi connectivity index (χ0) is 12.9. The van der Waals surface area contributed by atoms with Crippen LogP contribution in [0.5, 0.6) is 0 Å². The monoisotopic (exact) mass is 245 g/mol. The maximum Gasteiger partial charge on any atom is 0.216 e. The number of carbonyl (C=O) groups is 2. The third-order valence-electron chi connectivity index (χ3n) is 2.13. The van der Waals surface area contributed by atoms with Crippen molar-refractivity contribution in [3.05, 3.63) is 0 Å². The summed E-state index contributed by atoms with van der Waals surface area (Å²) in [7, 11) is 0. The molecule has 0 saturated carbocycles. The second kappa shape index (κ2) is 11.5. The van der Waals surface area contributed by atoms with E-state index in [1.165, 1.54) is 6.92 Å². The fourth-order valence-electron chi connectivity index (χ4n) is 1.17. The normalized spacial score (nSPS) is 10.2. The third kappa shape index (κ3) is 13.0. The smallest absolute Gasteiger partial charge is 0.216 e. The van der Waals surface area contributed by atoms with Gasteiger partial charge >= 0.3 is 0 Å². The summed E-state index contributed by atoms with van der Waals surface area (Å²) in [6.07, 6.45) is 1.98. The molecule has 0 aliphatic carbocycles. The lowest BCUT2D eigenvalue weighted by atomic mass is 10.2. The maximum atomic E-state index is 11.0. The van der Waals surface area contributed by atoms with Gasteiger partial charge in [-0.2, -0.15) is 0 Å². The van der Waals surface area contributed by atoms with Crippen LogP contribution in [0.4, 0.5) is 0 Å². The van der Waals surface area contributed by atoms with Gasteiger partial charge in [0.1, 0.15) is 5.78 Å². The fraction of sp³-hybridized carbons (Fsp3) is 0.833. The lowest BCUT2D eigenvalue weighted by Crippen LogP contribution is -2.24. The first-order valence-corrected chi connectivity index (χ1v) is 6.08. The number of ether oxygens (including phenoxy) is 2. The molecule has 0 fully saturated rings. The minimum absolute atomic E-state index is 0.0505. The molecule has 0 bridgehead atoms. The number of carbonyl (C=O) groups excluding carboxylic acids is 2. The molecule has 0 radical (unpaired) electrons. The van der Waals surface area contributed by atoms with Gasteiger partial charge in [-0.1, -0.05) is 6.92 Å². The van der Waals surface area contributed by atoms with E-state index in [2.05, 4.69) is 5.32 Å². The van der Waals surface area contributed by atoms with Crippen molar-refractivity contribution in [2.24, 2.45) is 0 Å². The molecule has 0 aromatic rings. The highest BCUT2D eigenvalue weighted by Crippen LogP contribution is 1.94. The number of amides is 1. The van der Waals surface area contributed by atoms with E-state index in [1.807, 2.05) is 6.92 Å². The summed E-state index contributed by atoms with van der Waals surface area (Å²) in [5, 5.41) is 2.63. The van der Waals surface area contributed by atoms with Crippen molar-refractivity contribution in [1.29, 1.82) is 0 Å². The molecule has 1 N–H and O–H groups in total. The molecule has 5 heteroatoms. The zero-order valence-corrected chi connectivity index (χ0v) is 10.8. The summed E-state index contributed by atoms with van der Waals surface area (Å²) in [5.41, 5.74) is 0. The molecule has 0 heterocycles. The van der Waals surface area contributed by atoms with Crippen LogP contribution in [0.1, 0.15) is 33.1 Å². The maximum absolute atomic E-state index is 11.0. The number of hydrogen-bond donors (Lipinski definition) is 1. The molecule has 1 amide bonds. The van der Waals surface area contributed by atoms with Gasteiger partial charge in [-0.05, 0) is 6.42 Å². The van der Waals surface area contributed by atoms with Crippen LogP contribution < -0.4 is 5.32 Å². The standard InChI is InChI=1S/C12H23NO4/c1-3-12(15)5-4-7-16-9-10-17-8-6-13-11(2)14/h3-10H2,1-2H3,(H,13,14). The van der Waals surface area contributed by atoms with Gasteiger partial charge in [0.05, 0.1) is 19.8 Å². The average molecular weight is 245 g/mol. The Kier molecular flexibility index (Phi) is 10.9. The Morgan fingerprint density at radius 2 is 1.71 bits per heavy atom. The first-order valence-electron chi connectivity index (χ1n) is 6.08. The molecule has 0 saturated heterocycles. The molecule has 100 valence electrons. The van der Waals surface area contributed by atoms with Crippen molar-refractivity contribution < 1.29 is 19.1 Å². The van der Waals surface area contributed by atoms with Crippen LogP contribution in [0.15, 0.2) is 0 Å². The summed E-state index contributed by atoms with van der Waals surface area (Å²) >= 11 is 0. The number of hydrogen-bond acceptors (Lipinski definition) is 4. The van der Waals surface area contributed by atoms with Gasteiger partial charge in [0.25, 0.3) is 0 Å². The van der Waals surface area contributed by atoms with Crippen molar-refractivity contribution in [3.8, 4) is 0 Å². The van der Waals surface area contributed by atoms with Crippen LogP contribution in [0.25, 0.3) is 0 Å². The molecule has 0 aromatic heterocycles. The first-order chi connectivity index (χ1) is 8.16. The van der Waals surface area contributed by atoms with Crippen molar-refractivity contribution in [1.82, 2.24) is 5.32 Å². The van der Waals surface area contributed by atoms with Crippen LogP contribution in [0, 0.1) is 0 Å². The van der Waals surface area contributed by atoms with Crippen molar-refractivity contribution in [2.75, 3.05) is 33.0 Å². The van der Waals surface area contributed by atoms with E-state index < -0.39 is 0 Å². The van der Waals surface area contributed by atoms with E-state index in [0.717, 1.165) is 6.42 Å². The van der Waals surface area contributed by atoms with Crippen molar-refractivity contribution in [2.45, 2.75) is 33.1 Å². The van der Waals surface area contributed by atoms with Crippen LogP contribution in [0.3, 0.4) is 0 Å². The summed E-state index contributed by atoms with van der Waals surface area (Å²) in [6, 6.07) is 0. The number of Topliss-reactive ketones (excluding diaryl/α,β-unsaturated/α-hetero) is 1. The second-order valence-corrected chi connectivity index (χ2v) is 3.70. The van der Waals surface area contributed by atoms with E-state index in [-0.39, 0.29) is 11.7 Å². The Labute approximate surface area is 103 Å². The van der Waals surface area contributed by atoms with E-state index >= 15 is 0 Å². The van der Waals surface area contributed by atoms with Gasteiger partial charge in [0.2, 0.25) is 5.91 Å². The first kappa shape index (κ1) is 16.1. The quantitative estimate of drug-likeness (QED) is 0.550. The molecular formula is C12H23NO4. The van der Waals surface area contributed by atoms with E-state index in [1.54, 1.807) is 0 Å². The Balaban J connectivity index is 3.03. The molecule has 0 spiro atoms. The number of nitrogens with one attached hydrogen (secondary N) is 1. The van der Waals surface area contributed by atoms with Gasteiger partial charge in [-0.25, -0.2) is 0 Å². The van der Waals surface area contributed by atoms with E-state index in [4.69, 9.17) is 9.47 Å². The number of rotatable bonds is 11. The average Bonchev–Trinajstić information content (AvgIpc) is 2.30. The number of ketones is 1. The second-order valence-electron chi connectivity index (χ2n) is 3.70. The van der Waals surface area contributed by atoms with E-state index in [9.17, 15) is 9.59 Å². The summed E-state index contributed by atoms with van der Waals surface area (Å²) < 4.78 is 10.5. The van der Waals surface area contributed by atoms with E-state index in [0.29, 0.717) is 45.8 Å². The van der Waals surface area contributed by atoms with Crippen LogP contribution >= 0.6 is 0 Å². The highest BCUT2D eigenvalue weighted by Gasteiger charge is 1.97. The van der Waals surface area contributed by atoms with Crippen LogP contribution in [0.2, 0.25) is 0 Å². The molecule has 0 atom stereocenters.